The SMILES string of the molecule is CC[C@H](C)Oc1c(OC)cc(C=Nn2c(-c3cc(C(C)C)c(OC)cc3C)nc3ccccc3c2=O)c(Br)c1Br. The summed E-state index contributed by atoms with van der Waals surface area (Å²) in [6.45, 7) is 10.2. The van der Waals surface area contributed by atoms with Gasteiger partial charge in [0.25, 0.3) is 5.56 Å². The number of rotatable bonds is 9. The van der Waals surface area contributed by atoms with Crippen LogP contribution in [0.4, 0.5) is 0 Å². The molecule has 3 aromatic carbocycles. The van der Waals surface area contributed by atoms with Gasteiger partial charge in [0, 0.05) is 15.6 Å². The number of aromatic nitrogens is 2. The number of para-hydroxylation sites is 1. The zero-order valence-electron chi connectivity index (χ0n) is 23.7. The molecule has 0 saturated carbocycles. The molecule has 7 nitrogen and oxygen atoms in total. The first-order chi connectivity index (χ1) is 19.1. The second kappa shape index (κ2) is 12.6. The van der Waals surface area contributed by atoms with Gasteiger partial charge in [-0.15, -0.1) is 0 Å². The molecule has 40 heavy (non-hydrogen) atoms. The van der Waals surface area contributed by atoms with E-state index in [0.29, 0.717) is 38.3 Å². The van der Waals surface area contributed by atoms with Gasteiger partial charge in [0.05, 0.1) is 41.9 Å². The van der Waals surface area contributed by atoms with E-state index in [1.54, 1.807) is 26.5 Å². The maximum Gasteiger partial charge on any atom is 0.282 e. The van der Waals surface area contributed by atoms with Crippen molar-refractivity contribution in [1.29, 1.82) is 0 Å². The molecule has 0 aliphatic heterocycles. The molecular weight excluding hydrogens is 638 g/mol. The summed E-state index contributed by atoms with van der Waals surface area (Å²) in [4.78, 5) is 18.7. The van der Waals surface area contributed by atoms with E-state index in [1.807, 2.05) is 50.2 Å². The molecule has 0 N–H and O–H groups in total. The number of fused-ring (bicyclic) bond motifs is 1. The van der Waals surface area contributed by atoms with Crippen LogP contribution in [0.15, 0.2) is 61.3 Å². The van der Waals surface area contributed by atoms with Crippen LogP contribution < -0.4 is 19.8 Å². The van der Waals surface area contributed by atoms with Crippen LogP contribution in [0.25, 0.3) is 22.3 Å². The van der Waals surface area contributed by atoms with Crippen molar-refractivity contribution >= 4 is 49.0 Å². The summed E-state index contributed by atoms with van der Waals surface area (Å²) in [5, 5.41) is 5.16. The lowest BCUT2D eigenvalue weighted by atomic mass is 9.96. The molecule has 0 spiro atoms. The number of ether oxygens (including phenoxy) is 3. The second-order valence-corrected chi connectivity index (χ2v) is 11.4. The first-order valence-electron chi connectivity index (χ1n) is 13.1. The molecule has 1 heterocycles. The molecule has 9 heteroatoms. The molecular formula is C31H33Br2N3O4. The van der Waals surface area contributed by atoms with E-state index >= 15 is 0 Å². The van der Waals surface area contributed by atoms with E-state index < -0.39 is 0 Å². The molecule has 4 rings (SSSR count). The van der Waals surface area contributed by atoms with E-state index in [1.165, 1.54) is 4.68 Å². The Balaban J connectivity index is 1.95. The fourth-order valence-corrected chi connectivity index (χ4v) is 5.25. The number of nitrogens with zero attached hydrogens (tertiary/aromatic N) is 3. The maximum atomic E-state index is 13.8. The summed E-state index contributed by atoms with van der Waals surface area (Å²) in [6, 6.07) is 13.1. The topological polar surface area (TPSA) is 74.9 Å². The Hall–Kier alpha value is -3.17. The molecule has 0 amide bonds. The van der Waals surface area contributed by atoms with Crippen molar-refractivity contribution in [2.45, 2.75) is 53.1 Å². The molecule has 4 aromatic rings. The molecule has 0 unspecified atom stereocenters. The molecule has 1 atom stereocenters. The third-order valence-corrected chi connectivity index (χ3v) is 8.92. The van der Waals surface area contributed by atoms with Crippen molar-refractivity contribution in [3.05, 3.63) is 78.5 Å². The van der Waals surface area contributed by atoms with Crippen molar-refractivity contribution < 1.29 is 14.2 Å². The summed E-state index contributed by atoms with van der Waals surface area (Å²) in [5.41, 5.74) is 3.78. The smallest absolute Gasteiger partial charge is 0.282 e. The fourth-order valence-electron chi connectivity index (χ4n) is 4.34. The summed E-state index contributed by atoms with van der Waals surface area (Å²) in [5.74, 6) is 2.60. The summed E-state index contributed by atoms with van der Waals surface area (Å²) in [6.07, 6.45) is 2.47. The Morgan fingerprint density at radius 3 is 2.38 bits per heavy atom. The molecule has 0 bridgehead atoms. The van der Waals surface area contributed by atoms with Crippen LogP contribution in [0.3, 0.4) is 0 Å². The van der Waals surface area contributed by atoms with Gasteiger partial charge < -0.3 is 14.2 Å². The van der Waals surface area contributed by atoms with E-state index in [0.717, 1.165) is 33.3 Å². The molecule has 1 aromatic heterocycles. The molecule has 0 aliphatic rings. The van der Waals surface area contributed by atoms with Gasteiger partial charge in [0.2, 0.25) is 0 Å². The number of hydrogen-bond acceptors (Lipinski definition) is 6. The van der Waals surface area contributed by atoms with Crippen LogP contribution >= 0.6 is 31.9 Å². The van der Waals surface area contributed by atoms with Gasteiger partial charge >= 0.3 is 0 Å². The highest BCUT2D eigenvalue weighted by Gasteiger charge is 2.20. The van der Waals surface area contributed by atoms with Crippen LogP contribution in [0.1, 0.15) is 56.7 Å². The van der Waals surface area contributed by atoms with E-state index in [9.17, 15) is 4.79 Å². The number of halogens is 2. The normalized spacial score (nSPS) is 12.3. The fraction of sp³-hybridized carbons (Fsp3) is 0.323. The van der Waals surface area contributed by atoms with Gasteiger partial charge in [-0.3, -0.25) is 4.79 Å². The van der Waals surface area contributed by atoms with Crippen LogP contribution in [-0.2, 0) is 0 Å². The monoisotopic (exact) mass is 669 g/mol. The second-order valence-electron chi connectivity index (χ2n) is 9.84. The highest BCUT2D eigenvalue weighted by molar-refractivity contribution is 9.13. The Morgan fingerprint density at radius 1 is 1.02 bits per heavy atom. The number of benzene rings is 3. The number of methoxy groups -OCH3 is 2. The molecule has 0 fully saturated rings. The molecule has 0 radical (unpaired) electrons. The van der Waals surface area contributed by atoms with Gasteiger partial charge in [-0.1, -0.05) is 32.9 Å². The first kappa shape index (κ1) is 29.8. The van der Waals surface area contributed by atoms with Gasteiger partial charge in [0.1, 0.15) is 5.75 Å². The van der Waals surface area contributed by atoms with E-state index in [4.69, 9.17) is 19.2 Å². The van der Waals surface area contributed by atoms with Crippen molar-refractivity contribution in [3.63, 3.8) is 0 Å². The van der Waals surface area contributed by atoms with Crippen molar-refractivity contribution in [1.82, 2.24) is 9.66 Å². The minimum absolute atomic E-state index is 0.00453. The maximum absolute atomic E-state index is 13.8. The summed E-state index contributed by atoms with van der Waals surface area (Å²) < 4.78 is 20.2. The first-order valence-corrected chi connectivity index (χ1v) is 14.7. The molecule has 0 aliphatic carbocycles. The van der Waals surface area contributed by atoms with E-state index in [2.05, 4.69) is 57.7 Å². The van der Waals surface area contributed by atoms with Gasteiger partial charge in [-0.25, -0.2) is 4.98 Å². The van der Waals surface area contributed by atoms with Gasteiger partial charge in [-0.2, -0.15) is 9.78 Å². The summed E-state index contributed by atoms with van der Waals surface area (Å²) >= 11 is 7.31. The third kappa shape index (κ3) is 5.81. The minimum atomic E-state index is -0.267. The molecule has 0 saturated heterocycles. The lowest BCUT2D eigenvalue weighted by Crippen LogP contribution is -2.21. The van der Waals surface area contributed by atoms with Crippen molar-refractivity contribution in [2.75, 3.05) is 14.2 Å². The zero-order chi connectivity index (χ0) is 29.1. The third-order valence-electron chi connectivity index (χ3n) is 6.78. The Kier molecular flexibility index (Phi) is 9.36. The lowest BCUT2D eigenvalue weighted by Gasteiger charge is -2.19. The quantitative estimate of drug-likeness (QED) is 0.168. The average molecular weight is 671 g/mol. The van der Waals surface area contributed by atoms with Crippen LogP contribution in [0.5, 0.6) is 17.2 Å². The Bertz CT molecular complexity index is 1650. The summed E-state index contributed by atoms with van der Waals surface area (Å²) in [7, 11) is 3.26. The van der Waals surface area contributed by atoms with Crippen LogP contribution in [0, 0.1) is 6.92 Å². The van der Waals surface area contributed by atoms with Crippen LogP contribution in [0.2, 0.25) is 0 Å². The van der Waals surface area contributed by atoms with Crippen LogP contribution in [-0.4, -0.2) is 36.2 Å². The highest BCUT2D eigenvalue weighted by Crippen LogP contribution is 2.43. The van der Waals surface area contributed by atoms with Gasteiger partial charge in [-0.05, 0) is 99.5 Å². The predicted octanol–water partition coefficient (Wildman–Crippen LogP) is 8.10. The number of aryl methyl sites for hydroxylation is 1. The Labute approximate surface area is 251 Å². The van der Waals surface area contributed by atoms with Crippen molar-refractivity contribution in [3.8, 4) is 28.6 Å². The Morgan fingerprint density at radius 2 is 1.73 bits per heavy atom. The largest absolute Gasteiger partial charge is 0.496 e. The van der Waals surface area contributed by atoms with Gasteiger partial charge in [0.15, 0.2) is 17.3 Å². The highest BCUT2D eigenvalue weighted by atomic mass is 79.9. The number of hydrogen-bond donors (Lipinski definition) is 0. The zero-order valence-corrected chi connectivity index (χ0v) is 26.9. The predicted molar refractivity (Wildman–Crippen MR) is 169 cm³/mol. The standard InChI is InChI=1S/C31H33Br2N3O4/c1-8-19(5)40-29-26(39-7)14-20(27(32)28(29)33)16-34-36-30(35-24-12-10-9-11-21(24)31(36)37)23-15-22(17(2)3)25(38-6)13-18(23)4/h9-17,19H,8H2,1-7H3/t19-/m0/s1. The van der Waals surface area contributed by atoms with E-state index in [-0.39, 0.29) is 17.6 Å². The molecule has 210 valence electrons. The minimum Gasteiger partial charge on any atom is -0.496 e. The van der Waals surface area contributed by atoms with Crippen molar-refractivity contribution in [2.24, 2.45) is 5.10 Å². The lowest BCUT2D eigenvalue weighted by molar-refractivity contribution is 0.206. The average Bonchev–Trinajstić information content (AvgIpc) is 2.95.